The van der Waals surface area contributed by atoms with Crippen LogP contribution < -0.4 is 5.32 Å². The lowest BCUT2D eigenvalue weighted by Crippen LogP contribution is -2.45. The molecule has 0 radical (unpaired) electrons. The van der Waals surface area contributed by atoms with Crippen LogP contribution in [-0.2, 0) is 0 Å². The molecule has 1 aliphatic heterocycles. The highest BCUT2D eigenvalue weighted by molar-refractivity contribution is 4.78. The Morgan fingerprint density at radius 3 is 2.71 bits per heavy atom. The SMILES string of the molecule is CNCC(C)C(C)N1CCCC(C)C1. The van der Waals surface area contributed by atoms with Gasteiger partial charge < -0.3 is 10.2 Å². The number of hydrogen-bond acceptors (Lipinski definition) is 2. The van der Waals surface area contributed by atoms with Crippen molar-refractivity contribution in [2.75, 3.05) is 26.7 Å². The van der Waals surface area contributed by atoms with E-state index >= 15 is 0 Å². The molecule has 1 fully saturated rings. The normalized spacial score (nSPS) is 28.7. The van der Waals surface area contributed by atoms with Crippen molar-refractivity contribution in [2.24, 2.45) is 11.8 Å². The summed E-state index contributed by atoms with van der Waals surface area (Å²) in [7, 11) is 2.04. The summed E-state index contributed by atoms with van der Waals surface area (Å²) in [6.07, 6.45) is 2.81. The Hall–Kier alpha value is -0.0800. The Balaban J connectivity index is 2.38. The van der Waals surface area contributed by atoms with E-state index in [9.17, 15) is 0 Å². The van der Waals surface area contributed by atoms with E-state index in [0.29, 0.717) is 0 Å². The van der Waals surface area contributed by atoms with E-state index in [2.05, 4.69) is 31.0 Å². The van der Waals surface area contributed by atoms with Crippen molar-refractivity contribution in [2.45, 2.75) is 39.7 Å². The maximum Gasteiger partial charge on any atom is 0.0105 e. The molecular formula is C12H26N2. The monoisotopic (exact) mass is 198 g/mol. The van der Waals surface area contributed by atoms with E-state index in [4.69, 9.17) is 0 Å². The zero-order valence-corrected chi connectivity index (χ0v) is 10.2. The fraction of sp³-hybridized carbons (Fsp3) is 1.00. The summed E-state index contributed by atoms with van der Waals surface area (Å²) >= 11 is 0. The van der Waals surface area contributed by atoms with E-state index in [0.717, 1.165) is 24.4 Å². The average Bonchev–Trinajstić information content (AvgIpc) is 2.17. The van der Waals surface area contributed by atoms with Gasteiger partial charge in [0.1, 0.15) is 0 Å². The van der Waals surface area contributed by atoms with Crippen molar-refractivity contribution < 1.29 is 0 Å². The van der Waals surface area contributed by atoms with Gasteiger partial charge in [-0.1, -0.05) is 13.8 Å². The predicted molar refractivity (Wildman–Crippen MR) is 62.5 cm³/mol. The van der Waals surface area contributed by atoms with Crippen molar-refractivity contribution in [1.82, 2.24) is 10.2 Å². The first-order chi connectivity index (χ1) is 6.65. The maximum absolute atomic E-state index is 3.27. The van der Waals surface area contributed by atoms with E-state index in [1.54, 1.807) is 0 Å². The van der Waals surface area contributed by atoms with Gasteiger partial charge >= 0.3 is 0 Å². The lowest BCUT2D eigenvalue weighted by atomic mass is 9.95. The molecule has 3 unspecified atom stereocenters. The molecule has 0 spiro atoms. The number of hydrogen-bond donors (Lipinski definition) is 1. The van der Waals surface area contributed by atoms with E-state index in [-0.39, 0.29) is 0 Å². The topological polar surface area (TPSA) is 15.3 Å². The summed E-state index contributed by atoms with van der Waals surface area (Å²) in [4.78, 5) is 2.66. The molecule has 0 bridgehead atoms. The number of nitrogens with zero attached hydrogens (tertiary/aromatic N) is 1. The minimum absolute atomic E-state index is 0.727. The Bertz CT molecular complexity index is 158. The highest BCUT2D eigenvalue weighted by atomic mass is 15.2. The van der Waals surface area contributed by atoms with E-state index in [1.807, 2.05) is 7.05 Å². The summed E-state index contributed by atoms with van der Waals surface area (Å²) in [6.45, 7) is 10.8. The molecule has 2 heteroatoms. The van der Waals surface area contributed by atoms with Gasteiger partial charge in [0.2, 0.25) is 0 Å². The zero-order valence-electron chi connectivity index (χ0n) is 10.2. The lowest BCUT2D eigenvalue weighted by molar-refractivity contribution is 0.107. The van der Waals surface area contributed by atoms with Crippen molar-refractivity contribution in [3.8, 4) is 0 Å². The van der Waals surface area contributed by atoms with Gasteiger partial charge in [-0.25, -0.2) is 0 Å². The summed E-state index contributed by atoms with van der Waals surface area (Å²) in [6, 6.07) is 0.727. The first-order valence-corrected chi connectivity index (χ1v) is 6.03. The summed E-state index contributed by atoms with van der Waals surface area (Å²) in [5.74, 6) is 1.65. The molecule has 1 N–H and O–H groups in total. The quantitative estimate of drug-likeness (QED) is 0.743. The van der Waals surface area contributed by atoms with E-state index in [1.165, 1.54) is 25.9 Å². The smallest absolute Gasteiger partial charge is 0.0105 e. The van der Waals surface area contributed by atoms with Crippen LogP contribution >= 0.6 is 0 Å². The van der Waals surface area contributed by atoms with Crippen molar-refractivity contribution >= 4 is 0 Å². The van der Waals surface area contributed by atoms with Gasteiger partial charge in [-0.2, -0.15) is 0 Å². The molecule has 84 valence electrons. The van der Waals surface area contributed by atoms with Crippen LogP contribution in [-0.4, -0.2) is 37.6 Å². The fourth-order valence-electron chi connectivity index (χ4n) is 2.45. The molecule has 0 aromatic carbocycles. The Morgan fingerprint density at radius 1 is 1.43 bits per heavy atom. The van der Waals surface area contributed by atoms with Gasteiger partial charge in [0.25, 0.3) is 0 Å². The Labute approximate surface area is 89.1 Å². The highest BCUT2D eigenvalue weighted by Crippen LogP contribution is 2.20. The molecule has 0 aromatic rings. The molecule has 1 aliphatic rings. The standard InChI is InChI=1S/C12H26N2/c1-10-6-5-7-14(9-10)12(3)11(2)8-13-4/h10-13H,5-9H2,1-4H3. The second kappa shape index (κ2) is 5.72. The fourth-order valence-corrected chi connectivity index (χ4v) is 2.45. The van der Waals surface area contributed by atoms with Gasteiger partial charge in [-0.15, -0.1) is 0 Å². The first kappa shape index (κ1) is 12.0. The zero-order chi connectivity index (χ0) is 10.6. The van der Waals surface area contributed by atoms with Gasteiger partial charge in [0.15, 0.2) is 0 Å². The molecule has 1 rings (SSSR count). The van der Waals surface area contributed by atoms with Crippen molar-refractivity contribution in [1.29, 1.82) is 0 Å². The summed E-state index contributed by atoms with van der Waals surface area (Å²) in [5, 5.41) is 3.27. The van der Waals surface area contributed by atoms with Crippen LogP contribution in [0, 0.1) is 11.8 Å². The molecule has 0 aromatic heterocycles. The van der Waals surface area contributed by atoms with Gasteiger partial charge in [0.05, 0.1) is 0 Å². The second-order valence-corrected chi connectivity index (χ2v) is 5.02. The maximum atomic E-state index is 3.27. The molecule has 0 saturated carbocycles. The van der Waals surface area contributed by atoms with Crippen LogP contribution in [0.2, 0.25) is 0 Å². The van der Waals surface area contributed by atoms with Crippen LogP contribution in [0.3, 0.4) is 0 Å². The van der Waals surface area contributed by atoms with Gasteiger partial charge in [-0.05, 0) is 51.7 Å². The number of nitrogens with one attached hydrogen (secondary N) is 1. The lowest BCUT2D eigenvalue weighted by Gasteiger charge is -2.38. The van der Waals surface area contributed by atoms with Gasteiger partial charge in [-0.3, -0.25) is 0 Å². The second-order valence-electron chi connectivity index (χ2n) is 5.02. The molecule has 14 heavy (non-hydrogen) atoms. The number of rotatable bonds is 4. The number of likely N-dealkylation sites (tertiary alicyclic amines) is 1. The average molecular weight is 198 g/mol. The third kappa shape index (κ3) is 3.25. The van der Waals surface area contributed by atoms with Crippen molar-refractivity contribution in [3.05, 3.63) is 0 Å². The summed E-state index contributed by atoms with van der Waals surface area (Å²) < 4.78 is 0. The van der Waals surface area contributed by atoms with Crippen LogP contribution in [0.1, 0.15) is 33.6 Å². The predicted octanol–water partition coefficient (Wildman–Crippen LogP) is 1.96. The molecule has 0 aliphatic carbocycles. The Morgan fingerprint density at radius 2 is 2.14 bits per heavy atom. The first-order valence-electron chi connectivity index (χ1n) is 6.03. The largest absolute Gasteiger partial charge is 0.319 e. The third-order valence-electron chi connectivity index (χ3n) is 3.61. The van der Waals surface area contributed by atoms with Crippen LogP contribution in [0.25, 0.3) is 0 Å². The molecule has 0 amide bonds. The highest BCUT2D eigenvalue weighted by Gasteiger charge is 2.23. The van der Waals surface area contributed by atoms with E-state index < -0.39 is 0 Å². The molecule has 1 saturated heterocycles. The molecule has 2 nitrogen and oxygen atoms in total. The van der Waals surface area contributed by atoms with Crippen LogP contribution in [0.5, 0.6) is 0 Å². The molecule has 3 atom stereocenters. The molecular weight excluding hydrogens is 172 g/mol. The third-order valence-corrected chi connectivity index (χ3v) is 3.61. The van der Waals surface area contributed by atoms with Gasteiger partial charge in [0, 0.05) is 12.6 Å². The molecule has 1 heterocycles. The number of piperidine rings is 1. The Kier molecular flexibility index (Phi) is 4.90. The van der Waals surface area contributed by atoms with Crippen molar-refractivity contribution in [3.63, 3.8) is 0 Å². The van der Waals surface area contributed by atoms with Crippen LogP contribution in [0.15, 0.2) is 0 Å². The minimum Gasteiger partial charge on any atom is -0.319 e. The van der Waals surface area contributed by atoms with Crippen LogP contribution in [0.4, 0.5) is 0 Å². The minimum atomic E-state index is 0.727. The summed E-state index contributed by atoms with van der Waals surface area (Å²) in [5.41, 5.74) is 0.